The van der Waals surface area contributed by atoms with Crippen LogP contribution in [-0.4, -0.2) is 19.1 Å². The summed E-state index contributed by atoms with van der Waals surface area (Å²) in [7, 11) is 1.41. The lowest BCUT2D eigenvalue weighted by Crippen LogP contribution is -2.25. The van der Waals surface area contributed by atoms with Gasteiger partial charge in [0.2, 0.25) is 0 Å². The second-order valence-electron chi connectivity index (χ2n) is 5.17. The largest absolute Gasteiger partial charge is 0.465 e. The molecule has 18 heavy (non-hydrogen) atoms. The zero-order chi connectivity index (χ0) is 13.0. The van der Waals surface area contributed by atoms with Gasteiger partial charge in [-0.2, -0.15) is 0 Å². The van der Waals surface area contributed by atoms with E-state index in [1.165, 1.54) is 32.8 Å². The van der Waals surface area contributed by atoms with Gasteiger partial charge < -0.3 is 10.1 Å². The third-order valence-corrected chi connectivity index (χ3v) is 3.67. The smallest absolute Gasteiger partial charge is 0.337 e. The number of rotatable bonds is 3. The highest BCUT2D eigenvalue weighted by atomic mass is 16.5. The molecule has 0 amide bonds. The van der Waals surface area contributed by atoms with Gasteiger partial charge in [0.15, 0.2) is 0 Å². The van der Waals surface area contributed by atoms with Gasteiger partial charge in [-0.05, 0) is 49.8 Å². The molecule has 98 valence electrons. The lowest BCUT2D eigenvalue weighted by Gasteiger charge is -2.27. The van der Waals surface area contributed by atoms with Gasteiger partial charge in [0, 0.05) is 11.7 Å². The maximum atomic E-state index is 11.5. The van der Waals surface area contributed by atoms with Crippen LogP contribution in [0.5, 0.6) is 0 Å². The molecule has 1 N–H and O–H groups in total. The molecular formula is C15H21NO2. The number of esters is 1. The summed E-state index contributed by atoms with van der Waals surface area (Å²) in [4.78, 5) is 11.5. The number of anilines is 1. The van der Waals surface area contributed by atoms with Gasteiger partial charge in [-0.25, -0.2) is 4.79 Å². The highest BCUT2D eigenvalue weighted by molar-refractivity contribution is 5.90. The summed E-state index contributed by atoms with van der Waals surface area (Å²) < 4.78 is 4.73. The Balaban J connectivity index is 1.99. The lowest BCUT2D eigenvalue weighted by atomic mass is 9.87. The summed E-state index contributed by atoms with van der Waals surface area (Å²) in [6, 6.07) is 8.07. The Bertz CT molecular complexity index is 409. The molecule has 1 fully saturated rings. The third-order valence-electron chi connectivity index (χ3n) is 3.67. The van der Waals surface area contributed by atoms with Gasteiger partial charge in [0.1, 0.15) is 0 Å². The monoisotopic (exact) mass is 247 g/mol. The summed E-state index contributed by atoms with van der Waals surface area (Å²) in [6.45, 7) is 2.31. The quantitative estimate of drug-likeness (QED) is 0.831. The fourth-order valence-corrected chi connectivity index (χ4v) is 2.49. The minimum absolute atomic E-state index is 0.282. The second kappa shape index (κ2) is 5.89. The molecule has 1 aliphatic carbocycles. The number of ether oxygens (including phenoxy) is 1. The van der Waals surface area contributed by atoms with Crippen molar-refractivity contribution < 1.29 is 9.53 Å². The summed E-state index contributed by atoms with van der Waals surface area (Å²) >= 11 is 0. The van der Waals surface area contributed by atoms with Crippen LogP contribution in [0.2, 0.25) is 0 Å². The van der Waals surface area contributed by atoms with Crippen molar-refractivity contribution in [2.24, 2.45) is 5.92 Å². The van der Waals surface area contributed by atoms with Crippen LogP contribution in [0.4, 0.5) is 5.69 Å². The summed E-state index contributed by atoms with van der Waals surface area (Å²) in [6.07, 6.45) is 5.00. The molecule has 1 saturated carbocycles. The first-order chi connectivity index (χ1) is 8.69. The van der Waals surface area contributed by atoms with Crippen LogP contribution in [0.25, 0.3) is 0 Å². The fourth-order valence-electron chi connectivity index (χ4n) is 2.49. The van der Waals surface area contributed by atoms with Gasteiger partial charge in [0.25, 0.3) is 0 Å². The average molecular weight is 247 g/mol. The van der Waals surface area contributed by atoms with Crippen molar-refractivity contribution in [3.8, 4) is 0 Å². The van der Waals surface area contributed by atoms with Gasteiger partial charge in [-0.3, -0.25) is 0 Å². The first-order valence-electron chi connectivity index (χ1n) is 6.64. The van der Waals surface area contributed by atoms with E-state index in [0.717, 1.165) is 11.6 Å². The Morgan fingerprint density at radius 1 is 1.28 bits per heavy atom. The predicted molar refractivity (Wildman–Crippen MR) is 72.8 cm³/mol. The molecule has 0 unspecified atom stereocenters. The molecule has 0 atom stereocenters. The van der Waals surface area contributed by atoms with E-state index in [1.807, 2.05) is 18.2 Å². The average Bonchev–Trinajstić information content (AvgIpc) is 2.41. The van der Waals surface area contributed by atoms with Crippen LogP contribution < -0.4 is 5.32 Å². The number of nitrogens with one attached hydrogen (secondary N) is 1. The molecule has 0 spiro atoms. The minimum Gasteiger partial charge on any atom is -0.465 e. The molecule has 0 radical (unpaired) electrons. The van der Waals surface area contributed by atoms with Crippen LogP contribution in [-0.2, 0) is 4.74 Å². The van der Waals surface area contributed by atoms with Crippen LogP contribution >= 0.6 is 0 Å². The van der Waals surface area contributed by atoms with E-state index in [-0.39, 0.29) is 5.97 Å². The van der Waals surface area contributed by atoms with Gasteiger partial charge in [-0.15, -0.1) is 0 Å². The molecule has 1 aromatic carbocycles. The Hall–Kier alpha value is -1.51. The molecule has 0 bridgehead atoms. The molecule has 2 rings (SSSR count). The summed E-state index contributed by atoms with van der Waals surface area (Å²) in [5.41, 5.74) is 1.61. The SMILES string of the molecule is COC(=O)c1cccc(NC2CCC(C)CC2)c1. The molecule has 1 aromatic rings. The van der Waals surface area contributed by atoms with E-state index in [0.29, 0.717) is 11.6 Å². The van der Waals surface area contributed by atoms with E-state index in [4.69, 9.17) is 4.74 Å². The summed E-state index contributed by atoms with van der Waals surface area (Å²) in [5, 5.41) is 3.51. The van der Waals surface area contributed by atoms with Crippen LogP contribution in [0.3, 0.4) is 0 Å². The molecule has 0 aromatic heterocycles. The van der Waals surface area contributed by atoms with Crippen molar-refractivity contribution in [2.75, 3.05) is 12.4 Å². The number of hydrogen-bond acceptors (Lipinski definition) is 3. The number of methoxy groups -OCH3 is 1. The van der Waals surface area contributed by atoms with Crippen molar-refractivity contribution in [1.82, 2.24) is 0 Å². The van der Waals surface area contributed by atoms with E-state index >= 15 is 0 Å². The Kier molecular flexibility index (Phi) is 4.24. The Morgan fingerprint density at radius 2 is 2.00 bits per heavy atom. The lowest BCUT2D eigenvalue weighted by molar-refractivity contribution is 0.0601. The molecule has 3 nitrogen and oxygen atoms in total. The highest BCUT2D eigenvalue weighted by Crippen LogP contribution is 2.26. The van der Waals surface area contributed by atoms with Crippen molar-refractivity contribution >= 4 is 11.7 Å². The zero-order valence-electron chi connectivity index (χ0n) is 11.1. The molecule has 0 saturated heterocycles. The number of carbonyl (C=O) groups excluding carboxylic acids is 1. The fraction of sp³-hybridized carbons (Fsp3) is 0.533. The standard InChI is InChI=1S/C15H21NO2/c1-11-6-8-13(9-7-11)16-14-5-3-4-12(10-14)15(17)18-2/h3-5,10-11,13,16H,6-9H2,1-2H3. The van der Waals surface area contributed by atoms with Crippen LogP contribution in [0.1, 0.15) is 43.0 Å². The number of hydrogen-bond donors (Lipinski definition) is 1. The molecule has 1 aliphatic rings. The Morgan fingerprint density at radius 3 is 2.67 bits per heavy atom. The van der Waals surface area contributed by atoms with Gasteiger partial charge in [0.05, 0.1) is 12.7 Å². The third kappa shape index (κ3) is 3.25. The van der Waals surface area contributed by atoms with Crippen molar-refractivity contribution in [2.45, 2.75) is 38.6 Å². The number of benzene rings is 1. The zero-order valence-corrected chi connectivity index (χ0v) is 11.1. The first kappa shape index (κ1) is 12.9. The van der Waals surface area contributed by atoms with E-state index < -0.39 is 0 Å². The minimum atomic E-state index is -0.282. The van der Waals surface area contributed by atoms with Crippen molar-refractivity contribution in [3.05, 3.63) is 29.8 Å². The topological polar surface area (TPSA) is 38.3 Å². The van der Waals surface area contributed by atoms with E-state index in [2.05, 4.69) is 12.2 Å². The Labute approximate surface area is 109 Å². The molecule has 0 aliphatic heterocycles. The number of carbonyl (C=O) groups is 1. The van der Waals surface area contributed by atoms with E-state index in [9.17, 15) is 4.79 Å². The van der Waals surface area contributed by atoms with E-state index in [1.54, 1.807) is 6.07 Å². The highest BCUT2D eigenvalue weighted by Gasteiger charge is 2.18. The normalized spacial score (nSPS) is 23.4. The summed E-state index contributed by atoms with van der Waals surface area (Å²) in [5.74, 6) is 0.570. The molecular weight excluding hydrogens is 226 g/mol. The maximum Gasteiger partial charge on any atom is 0.337 e. The van der Waals surface area contributed by atoms with Crippen LogP contribution in [0.15, 0.2) is 24.3 Å². The molecule has 0 heterocycles. The van der Waals surface area contributed by atoms with Crippen LogP contribution in [0, 0.1) is 5.92 Å². The second-order valence-corrected chi connectivity index (χ2v) is 5.17. The van der Waals surface area contributed by atoms with Crippen molar-refractivity contribution in [1.29, 1.82) is 0 Å². The maximum absolute atomic E-state index is 11.5. The molecule has 3 heteroatoms. The predicted octanol–water partition coefficient (Wildman–Crippen LogP) is 3.46. The van der Waals surface area contributed by atoms with Crippen molar-refractivity contribution in [3.63, 3.8) is 0 Å². The first-order valence-corrected chi connectivity index (χ1v) is 6.64. The van der Waals surface area contributed by atoms with Gasteiger partial charge in [-0.1, -0.05) is 13.0 Å². The van der Waals surface area contributed by atoms with Gasteiger partial charge >= 0.3 is 5.97 Å².